The van der Waals surface area contributed by atoms with Crippen LogP contribution in [0.5, 0.6) is 11.5 Å². The molecule has 0 fully saturated rings. The number of nitrogens with zero attached hydrogens (tertiary/aromatic N) is 1. The van der Waals surface area contributed by atoms with E-state index in [4.69, 9.17) is 9.47 Å². The number of halogens is 2. The number of hydrogen-bond acceptors (Lipinski definition) is 6. The molecule has 0 radical (unpaired) electrons. The number of carbonyl (C=O) groups is 1. The summed E-state index contributed by atoms with van der Waals surface area (Å²) in [4.78, 5) is 16.4. The fraction of sp³-hybridized carbons (Fsp3) is 0.111. The summed E-state index contributed by atoms with van der Waals surface area (Å²) in [7, 11) is 3.09. The first-order valence-electron chi connectivity index (χ1n) is 7.71. The maximum absolute atomic E-state index is 13.2. The van der Waals surface area contributed by atoms with Gasteiger partial charge in [0.05, 0.1) is 19.9 Å². The van der Waals surface area contributed by atoms with Crippen molar-refractivity contribution in [3.63, 3.8) is 0 Å². The predicted molar refractivity (Wildman–Crippen MR) is 99.3 cm³/mol. The van der Waals surface area contributed by atoms with Crippen LogP contribution in [-0.4, -0.2) is 25.1 Å². The summed E-state index contributed by atoms with van der Waals surface area (Å²) in [6.45, 7) is 0. The van der Waals surface area contributed by atoms with Crippen LogP contribution in [0.1, 0.15) is 10.5 Å². The van der Waals surface area contributed by atoms with E-state index in [9.17, 15) is 13.6 Å². The van der Waals surface area contributed by atoms with E-state index in [-0.39, 0.29) is 11.4 Å². The Labute approximate surface area is 157 Å². The molecule has 0 atom stereocenters. The number of thiazole rings is 1. The molecule has 1 aromatic heterocycles. The Hall–Kier alpha value is -3.20. The number of methoxy groups -OCH3 is 2. The van der Waals surface area contributed by atoms with Crippen LogP contribution >= 0.6 is 11.3 Å². The number of aromatic nitrogens is 1. The molecule has 3 rings (SSSR count). The van der Waals surface area contributed by atoms with Crippen molar-refractivity contribution in [2.45, 2.75) is 0 Å². The highest BCUT2D eigenvalue weighted by molar-refractivity contribution is 7.14. The molecule has 0 saturated heterocycles. The fourth-order valence-electron chi connectivity index (χ4n) is 2.22. The second kappa shape index (κ2) is 8.00. The largest absolute Gasteiger partial charge is 0.497 e. The third-order valence-corrected chi connectivity index (χ3v) is 4.32. The lowest BCUT2D eigenvalue weighted by molar-refractivity contribution is 0.102. The van der Waals surface area contributed by atoms with Gasteiger partial charge in [-0.2, -0.15) is 0 Å². The van der Waals surface area contributed by atoms with Crippen LogP contribution < -0.4 is 20.1 Å². The van der Waals surface area contributed by atoms with Gasteiger partial charge < -0.3 is 20.1 Å². The van der Waals surface area contributed by atoms with Gasteiger partial charge in [-0.05, 0) is 24.3 Å². The molecule has 9 heteroatoms. The molecule has 0 bridgehead atoms. The predicted octanol–water partition coefficient (Wildman–Crippen LogP) is 4.43. The molecular formula is C18H15F2N3O3S. The zero-order chi connectivity index (χ0) is 19.4. The summed E-state index contributed by atoms with van der Waals surface area (Å²) >= 11 is 1.21. The quantitative estimate of drug-likeness (QED) is 0.650. The van der Waals surface area contributed by atoms with E-state index in [1.54, 1.807) is 30.7 Å². The van der Waals surface area contributed by atoms with E-state index < -0.39 is 17.5 Å². The topological polar surface area (TPSA) is 72.5 Å². The highest BCUT2D eigenvalue weighted by Crippen LogP contribution is 2.32. The molecule has 1 amide bonds. The van der Waals surface area contributed by atoms with Crippen LogP contribution in [0.4, 0.5) is 25.3 Å². The van der Waals surface area contributed by atoms with Crippen LogP contribution in [0.3, 0.4) is 0 Å². The van der Waals surface area contributed by atoms with E-state index >= 15 is 0 Å². The van der Waals surface area contributed by atoms with Crippen molar-refractivity contribution in [3.8, 4) is 11.5 Å². The lowest BCUT2D eigenvalue weighted by Crippen LogP contribution is -2.12. The Bertz CT molecular complexity index is 978. The van der Waals surface area contributed by atoms with Gasteiger partial charge in [0.25, 0.3) is 5.91 Å². The molecule has 0 aliphatic carbocycles. The number of rotatable bonds is 6. The molecule has 27 heavy (non-hydrogen) atoms. The summed E-state index contributed by atoms with van der Waals surface area (Å²) < 4.78 is 36.6. The number of hydrogen-bond donors (Lipinski definition) is 2. The molecule has 6 nitrogen and oxygen atoms in total. The lowest BCUT2D eigenvalue weighted by Gasteiger charge is -2.10. The first kappa shape index (κ1) is 18.6. The minimum Gasteiger partial charge on any atom is -0.497 e. The van der Waals surface area contributed by atoms with E-state index in [0.29, 0.717) is 22.3 Å². The van der Waals surface area contributed by atoms with Crippen molar-refractivity contribution in [2.24, 2.45) is 0 Å². The molecule has 0 aliphatic rings. The highest BCUT2D eigenvalue weighted by Gasteiger charge is 2.14. The molecule has 0 saturated carbocycles. The van der Waals surface area contributed by atoms with Crippen molar-refractivity contribution in [2.75, 3.05) is 24.9 Å². The SMILES string of the molecule is COc1ccc(Nc2nc(C(=O)Nc3ccc(F)c(F)c3)cs2)c(OC)c1. The molecule has 3 aromatic rings. The molecule has 1 heterocycles. The van der Waals surface area contributed by atoms with Gasteiger partial charge in [0.2, 0.25) is 0 Å². The zero-order valence-electron chi connectivity index (χ0n) is 14.4. The van der Waals surface area contributed by atoms with E-state index in [1.165, 1.54) is 24.5 Å². The van der Waals surface area contributed by atoms with Gasteiger partial charge in [0.15, 0.2) is 16.8 Å². The van der Waals surface area contributed by atoms with Gasteiger partial charge in [-0.1, -0.05) is 0 Å². The zero-order valence-corrected chi connectivity index (χ0v) is 15.2. The molecule has 0 aliphatic heterocycles. The number of benzene rings is 2. The van der Waals surface area contributed by atoms with Crippen LogP contribution in [-0.2, 0) is 0 Å². The Kier molecular flexibility index (Phi) is 5.51. The molecule has 0 spiro atoms. The minimum atomic E-state index is -1.04. The normalized spacial score (nSPS) is 10.4. The Balaban J connectivity index is 1.72. The third-order valence-electron chi connectivity index (χ3n) is 3.56. The second-order valence-corrected chi connectivity index (χ2v) is 6.17. The third kappa shape index (κ3) is 4.32. The van der Waals surface area contributed by atoms with Gasteiger partial charge in [0, 0.05) is 23.2 Å². The minimum absolute atomic E-state index is 0.137. The van der Waals surface area contributed by atoms with Crippen molar-refractivity contribution < 1.29 is 23.0 Å². The number of nitrogens with one attached hydrogen (secondary N) is 2. The van der Waals surface area contributed by atoms with Crippen molar-refractivity contribution in [1.82, 2.24) is 4.98 Å². The van der Waals surface area contributed by atoms with Gasteiger partial charge in [0.1, 0.15) is 17.2 Å². The van der Waals surface area contributed by atoms with Crippen molar-refractivity contribution in [1.29, 1.82) is 0 Å². The highest BCUT2D eigenvalue weighted by atomic mass is 32.1. The second-order valence-electron chi connectivity index (χ2n) is 5.31. The molecule has 0 unspecified atom stereocenters. The van der Waals surface area contributed by atoms with Gasteiger partial charge in [-0.25, -0.2) is 13.8 Å². The molecule has 2 N–H and O–H groups in total. The van der Waals surface area contributed by atoms with E-state index in [1.807, 2.05) is 0 Å². The summed E-state index contributed by atoms with van der Waals surface area (Å²) in [5.74, 6) is -1.37. The summed E-state index contributed by atoms with van der Waals surface area (Å²) in [6, 6.07) is 8.35. The Morgan fingerprint density at radius 3 is 2.59 bits per heavy atom. The first-order valence-corrected chi connectivity index (χ1v) is 8.59. The number of anilines is 3. The monoisotopic (exact) mass is 391 g/mol. The Morgan fingerprint density at radius 1 is 1.07 bits per heavy atom. The van der Waals surface area contributed by atoms with Crippen LogP contribution in [0, 0.1) is 11.6 Å². The van der Waals surface area contributed by atoms with Gasteiger partial charge in [-0.15, -0.1) is 11.3 Å². The number of ether oxygens (including phenoxy) is 2. The van der Waals surface area contributed by atoms with Gasteiger partial charge >= 0.3 is 0 Å². The standard InChI is InChI=1S/C18H15F2N3O3S/c1-25-11-4-6-14(16(8-11)26-2)22-18-23-15(9-27-18)17(24)21-10-3-5-12(19)13(20)7-10/h3-9H,1-2H3,(H,21,24)(H,22,23). The average molecular weight is 391 g/mol. The number of carbonyl (C=O) groups excluding carboxylic acids is 1. The molecule has 140 valence electrons. The fourth-order valence-corrected chi connectivity index (χ4v) is 2.92. The summed E-state index contributed by atoms with van der Waals surface area (Å²) in [5, 5.41) is 7.55. The van der Waals surface area contributed by atoms with Crippen LogP contribution in [0.25, 0.3) is 0 Å². The maximum atomic E-state index is 13.2. The summed E-state index contributed by atoms with van der Waals surface area (Å²) in [5.41, 5.74) is 0.929. The van der Waals surface area contributed by atoms with Crippen molar-refractivity contribution in [3.05, 3.63) is 59.1 Å². The van der Waals surface area contributed by atoms with Gasteiger partial charge in [-0.3, -0.25) is 4.79 Å². The molecule has 2 aromatic carbocycles. The van der Waals surface area contributed by atoms with E-state index in [2.05, 4.69) is 15.6 Å². The smallest absolute Gasteiger partial charge is 0.275 e. The Morgan fingerprint density at radius 2 is 1.89 bits per heavy atom. The van der Waals surface area contributed by atoms with E-state index in [0.717, 1.165) is 12.1 Å². The summed E-state index contributed by atoms with van der Waals surface area (Å²) in [6.07, 6.45) is 0. The van der Waals surface area contributed by atoms with Crippen LogP contribution in [0.15, 0.2) is 41.8 Å². The van der Waals surface area contributed by atoms with Crippen molar-refractivity contribution >= 4 is 33.8 Å². The lowest BCUT2D eigenvalue weighted by atomic mass is 10.2. The number of amides is 1. The van der Waals surface area contributed by atoms with Crippen LogP contribution in [0.2, 0.25) is 0 Å². The molecular weight excluding hydrogens is 376 g/mol. The first-order chi connectivity index (χ1) is 13.0. The average Bonchev–Trinajstić information content (AvgIpc) is 3.14. The maximum Gasteiger partial charge on any atom is 0.275 e.